The van der Waals surface area contributed by atoms with Gasteiger partial charge in [-0.2, -0.15) is 0 Å². The molecule has 0 unspecified atom stereocenters. The predicted octanol–water partition coefficient (Wildman–Crippen LogP) is 2.23. The van der Waals surface area contributed by atoms with Gasteiger partial charge in [0, 0.05) is 45.2 Å². The molecule has 1 N–H and O–H groups in total. The van der Waals surface area contributed by atoms with Crippen LogP contribution in [0.1, 0.15) is 17.5 Å². The fourth-order valence-corrected chi connectivity index (χ4v) is 4.97. The first kappa shape index (κ1) is 22.7. The number of nitro groups is 1. The average molecular weight is 447 g/mol. The van der Waals surface area contributed by atoms with Crippen molar-refractivity contribution in [2.75, 3.05) is 37.6 Å². The highest BCUT2D eigenvalue weighted by Crippen LogP contribution is 2.28. The summed E-state index contributed by atoms with van der Waals surface area (Å²) in [5.74, 6) is -0.148. The number of aryl methyl sites for hydroxylation is 2. The molecule has 9 nitrogen and oxygen atoms in total. The lowest BCUT2D eigenvalue weighted by Crippen LogP contribution is -2.49. The molecule has 0 aromatic heterocycles. The van der Waals surface area contributed by atoms with Crippen molar-refractivity contribution >= 4 is 27.3 Å². The number of nitro benzene ring substituents is 1. The fraction of sp³-hybridized carbons (Fsp3) is 0.381. The average Bonchev–Trinajstić information content (AvgIpc) is 2.73. The minimum Gasteiger partial charge on any atom is -0.362 e. The number of amides is 1. The molecule has 2 aromatic carbocycles. The van der Waals surface area contributed by atoms with Crippen LogP contribution in [0.2, 0.25) is 0 Å². The second-order valence-corrected chi connectivity index (χ2v) is 9.27. The second kappa shape index (κ2) is 9.44. The van der Waals surface area contributed by atoms with E-state index in [2.05, 4.69) is 4.72 Å². The Kier molecular flexibility index (Phi) is 6.91. The molecule has 0 radical (unpaired) electrons. The number of sulfonamides is 1. The van der Waals surface area contributed by atoms with Crippen LogP contribution in [0.3, 0.4) is 0 Å². The molecular formula is C21H26N4O5S. The van der Waals surface area contributed by atoms with Crippen molar-refractivity contribution < 1.29 is 18.1 Å². The summed E-state index contributed by atoms with van der Waals surface area (Å²) in [6, 6.07) is 11.7. The van der Waals surface area contributed by atoms with Crippen LogP contribution in [0, 0.1) is 24.0 Å². The molecule has 1 amide bonds. The molecule has 1 heterocycles. The van der Waals surface area contributed by atoms with Gasteiger partial charge in [-0.1, -0.05) is 29.8 Å². The maximum absolute atomic E-state index is 12.5. The van der Waals surface area contributed by atoms with Gasteiger partial charge in [0.1, 0.15) is 5.69 Å². The summed E-state index contributed by atoms with van der Waals surface area (Å²) in [6.07, 6.45) is 0.0512. The number of carbonyl (C=O) groups excluding carboxylic acids is 1. The highest BCUT2D eigenvalue weighted by molar-refractivity contribution is 7.89. The molecule has 1 aliphatic rings. The molecule has 0 bridgehead atoms. The third kappa shape index (κ3) is 5.39. The first-order chi connectivity index (χ1) is 14.7. The molecule has 0 saturated carbocycles. The molecular weight excluding hydrogens is 420 g/mol. The van der Waals surface area contributed by atoms with Crippen molar-refractivity contribution in [2.45, 2.75) is 25.2 Å². The van der Waals surface area contributed by atoms with Gasteiger partial charge in [0.05, 0.1) is 9.82 Å². The number of hydrogen-bond donors (Lipinski definition) is 1. The van der Waals surface area contributed by atoms with E-state index in [0.717, 1.165) is 5.56 Å². The van der Waals surface area contributed by atoms with Gasteiger partial charge in [-0.05, 0) is 31.5 Å². The summed E-state index contributed by atoms with van der Waals surface area (Å²) in [6.45, 7) is 5.45. The lowest BCUT2D eigenvalue weighted by Gasteiger charge is -2.35. The minimum atomic E-state index is -3.68. The molecule has 0 aliphatic carbocycles. The summed E-state index contributed by atoms with van der Waals surface area (Å²) in [4.78, 5) is 27.1. The number of benzene rings is 2. The molecule has 2 aromatic rings. The molecule has 1 saturated heterocycles. The van der Waals surface area contributed by atoms with E-state index in [0.29, 0.717) is 37.4 Å². The van der Waals surface area contributed by atoms with Crippen LogP contribution in [0.15, 0.2) is 47.4 Å². The van der Waals surface area contributed by atoms with Crippen molar-refractivity contribution in [1.82, 2.24) is 9.62 Å². The molecule has 31 heavy (non-hydrogen) atoms. The number of piperazine rings is 1. The van der Waals surface area contributed by atoms with Gasteiger partial charge in [-0.3, -0.25) is 14.9 Å². The van der Waals surface area contributed by atoms with Gasteiger partial charge in [0.25, 0.3) is 5.69 Å². The van der Waals surface area contributed by atoms with Crippen molar-refractivity contribution in [3.63, 3.8) is 0 Å². The van der Waals surface area contributed by atoms with Crippen molar-refractivity contribution in [3.8, 4) is 0 Å². The Labute approximate surface area is 181 Å². The van der Waals surface area contributed by atoms with Crippen LogP contribution in [-0.2, 0) is 14.8 Å². The smallest absolute Gasteiger partial charge is 0.292 e. The third-order valence-corrected chi connectivity index (χ3v) is 6.92. The number of rotatable bonds is 7. The van der Waals surface area contributed by atoms with Crippen LogP contribution in [0.4, 0.5) is 11.4 Å². The standard InChI is InChI=1S/C21H26N4O5S/c1-16-7-8-20(17(2)15-16)31(29,30)22-10-9-21(26)24-13-11-23(12-14-24)18-5-3-4-6-19(18)25(27)28/h3-8,15,22H,9-14H2,1-2H3. The minimum absolute atomic E-state index is 0.0128. The van der Waals surface area contributed by atoms with E-state index < -0.39 is 14.9 Å². The zero-order chi connectivity index (χ0) is 22.6. The van der Waals surface area contributed by atoms with Gasteiger partial charge < -0.3 is 9.80 Å². The number of nitrogens with one attached hydrogen (secondary N) is 1. The third-order valence-electron chi connectivity index (χ3n) is 5.30. The maximum atomic E-state index is 12.5. The van der Waals surface area contributed by atoms with Gasteiger partial charge in [-0.25, -0.2) is 13.1 Å². The number of nitrogens with zero attached hydrogens (tertiary/aromatic N) is 3. The first-order valence-corrected chi connectivity index (χ1v) is 11.5. The maximum Gasteiger partial charge on any atom is 0.292 e. The van der Waals surface area contributed by atoms with Crippen LogP contribution in [0.5, 0.6) is 0 Å². The monoisotopic (exact) mass is 446 g/mol. The van der Waals surface area contributed by atoms with E-state index in [1.807, 2.05) is 11.8 Å². The van der Waals surface area contributed by atoms with Crippen molar-refractivity contribution in [1.29, 1.82) is 0 Å². The SMILES string of the molecule is Cc1ccc(S(=O)(=O)NCCC(=O)N2CCN(c3ccccc3[N+](=O)[O-])CC2)c(C)c1. The molecule has 1 fully saturated rings. The predicted molar refractivity (Wildman–Crippen MR) is 118 cm³/mol. The largest absolute Gasteiger partial charge is 0.362 e. The summed E-state index contributed by atoms with van der Waals surface area (Å²) in [5.41, 5.74) is 2.22. The Morgan fingerprint density at radius 3 is 2.42 bits per heavy atom. The zero-order valence-electron chi connectivity index (χ0n) is 17.6. The Balaban J connectivity index is 1.52. The van der Waals surface area contributed by atoms with E-state index in [1.54, 1.807) is 48.2 Å². The molecule has 0 spiro atoms. The number of carbonyl (C=O) groups is 1. The number of para-hydroxylation sites is 2. The molecule has 10 heteroatoms. The summed E-state index contributed by atoms with van der Waals surface area (Å²) >= 11 is 0. The Morgan fingerprint density at radius 1 is 1.10 bits per heavy atom. The van der Waals surface area contributed by atoms with E-state index in [-0.39, 0.29) is 29.5 Å². The number of anilines is 1. The van der Waals surface area contributed by atoms with Crippen molar-refractivity contribution in [3.05, 3.63) is 63.7 Å². The van der Waals surface area contributed by atoms with Crippen LogP contribution < -0.4 is 9.62 Å². The zero-order valence-corrected chi connectivity index (χ0v) is 18.4. The van der Waals surface area contributed by atoms with Gasteiger partial charge in [0.15, 0.2) is 0 Å². The Morgan fingerprint density at radius 2 is 1.77 bits per heavy atom. The van der Waals surface area contributed by atoms with E-state index >= 15 is 0 Å². The van der Waals surface area contributed by atoms with Crippen LogP contribution >= 0.6 is 0 Å². The van der Waals surface area contributed by atoms with E-state index in [9.17, 15) is 23.3 Å². The van der Waals surface area contributed by atoms with E-state index in [4.69, 9.17) is 0 Å². The highest BCUT2D eigenvalue weighted by Gasteiger charge is 2.25. The summed E-state index contributed by atoms with van der Waals surface area (Å²) in [7, 11) is -3.68. The van der Waals surface area contributed by atoms with Crippen molar-refractivity contribution in [2.24, 2.45) is 0 Å². The second-order valence-electron chi connectivity index (χ2n) is 7.53. The Hall–Kier alpha value is -2.98. The quantitative estimate of drug-likeness (QED) is 0.515. The topological polar surface area (TPSA) is 113 Å². The lowest BCUT2D eigenvalue weighted by atomic mass is 10.2. The lowest BCUT2D eigenvalue weighted by molar-refractivity contribution is -0.384. The normalized spacial score (nSPS) is 14.5. The van der Waals surface area contributed by atoms with Crippen LogP contribution in [-0.4, -0.2) is 56.9 Å². The molecule has 166 valence electrons. The van der Waals surface area contributed by atoms with Gasteiger partial charge >= 0.3 is 0 Å². The summed E-state index contributed by atoms with van der Waals surface area (Å²) in [5, 5.41) is 11.2. The first-order valence-electron chi connectivity index (χ1n) is 10.0. The van der Waals surface area contributed by atoms with Gasteiger partial charge in [-0.15, -0.1) is 0 Å². The van der Waals surface area contributed by atoms with Gasteiger partial charge in [0.2, 0.25) is 15.9 Å². The summed E-state index contributed by atoms with van der Waals surface area (Å²) < 4.78 is 27.5. The Bertz CT molecular complexity index is 1080. The highest BCUT2D eigenvalue weighted by atomic mass is 32.2. The van der Waals surface area contributed by atoms with Crippen LogP contribution in [0.25, 0.3) is 0 Å². The molecule has 1 aliphatic heterocycles. The number of hydrogen-bond acceptors (Lipinski definition) is 6. The molecule has 3 rings (SSSR count). The molecule has 0 atom stereocenters. The fourth-order valence-electron chi connectivity index (χ4n) is 3.71. The van der Waals surface area contributed by atoms with E-state index in [1.165, 1.54) is 6.07 Å².